The van der Waals surface area contributed by atoms with Crippen LogP contribution >= 0.6 is 11.6 Å². The molecular formula is C17H24ClFN2. The van der Waals surface area contributed by atoms with Crippen LogP contribution in [0.5, 0.6) is 0 Å². The van der Waals surface area contributed by atoms with Gasteiger partial charge in [0.15, 0.2) is 0 Å². The predicted octanol–water partition coefficient (Wildman–Crippen LogP) is 4.23. The number of hydrogen-bond donors (Lipinski definition) is 1. The number of hydrogen-bond acceptors (Lipinski definition) is 2. The molecule has 0 bridgehead atoms. The lowest BCUT2D eigenvalue weighted by molar-refractivity contribution is 0.245. The van der Waals surface area contributed by atoms with Crippen LogP contribution in [0.3, 0.4) is 0 Å². The summed E-state index contributed by atoms with van der Waals surface area (Å²) in [5, 5.41) is 4.23. The minimum Gasteiger partial charge on any atom is -0.365 e. The molecule has 0 radical (unpaired) electrons. The molecule has 4 heteroatoms. The number of halogens is 2. The lowest BCUT2D eigenvalue weighted by Gasteiger charge is -2.44. The fourth-order valence-corrected chi connectivity index (χ4v) is 4.07. The van der Waals surface area contributed by atoms with Crippen molar-refractivity contribution in [3.05, 3.63) is 29.0 Å². The molecule has 1 aromatic carbocycles. The minimum atomic E-state index is -0.268. The van der Waals surface area contributed by atoms with E-state index in [1.165, 1.54) is 44.2 Å². The number of benzene rings is 1. The Morgan fingerprint density at radius 1 is 1.24 bits per heavy atom. The maximum absolute atomic E-state index is 13.3. The number of nitrogens with zero attached hydrogens (tertiary/aromatic N) is 1. The van der Waals surface area contributed by atoms with Crippen molar-refractivity contribution in [2.24, 2.45) is 5.92 Å². The van der Waals surface area contributed by atoms with E-state index < -0.39 is 0 Å². The second-order valence-corrected chi connectivity index (χ2v) is 6.92. The Bertz CT molecular complexity index is 488. The highest BCUT2D eigenvalue weighted by Crippen LogP contribution is 2.33. The van der Waals surface area contributed by atoms with Crippen molar-refractivity contribution in [3.63, 3.8) is 0 Å². The highest BCUT2D eigenvalue weighted by molar-refractivity contribution is 6.33. The van der Waals surface area contributed by atoms with Crippen LogP contribution in [-0.4, -0.2) is 25.2 Å². The highest BCUT2D eigenvalue weighted by atomic mass is 35.5. The molecule has 21 heavy (non-hydrogen) atoms. The number of piperazine rings is 1. The van der Waals surface area contributed by atoms with Gasteiger partial charge < -0.3 is 10.2 Å². The van der Waals surface area contributed by atoms with Crippen molar-refractivity contribution in [2.75, 3.05) is 18.0 Å². The first-order chi connectivity index (χ1) is 10.1. The van der Waals surface area contributed by atoms with Crippen LogP contribution in [-0.2, 0) is 0 Å². The Labute approximate surface area is 131 Å². The van der Waals surface area contributed by atoms with E-state index >= 15 is 0 Å². The Morgan fingerprint density at radius 3 is 2.71 bits per heavy atom. The molecule has 1 saturated carbocycles. The molecule has 2 fully saturated rings. The zero-order valence-corrected chi connectivity index (χ0v) is 13.4. The lowest BCUT2D eigenvalue weighted by atomic mass is 9.82. The summed E-state index contributed by atoms with van der Waals surface area (Å²) in [6.45, 7) is 4.13. The summed E-state index contributed by atoms with van der Waals surface area (Å²) in [4.78, 5) is 2.34. The van der Waals surface area contributed by atoms with Crippen LogP contribution in [0.1, 0.15) is 39.0 Å². The summed E-state index contributed by atoms with van der Waals surface area (Å²) in [6, 6.07) is 5.65. The summed E-state index contributed by atoms with van der Waals surface area (Å²) in [5.41, 5.74) is 0.966. The molecule has 2 unspecified atom stereocenters. The quantitative estimate of drug-likeness (QED) is 0.879. The van der Waals surface area contributed by atoms with Crippen LogP contribution in [0.2, 0.25) is 5.02 Å². The summed E-state index contributed by atoms with van der Waals surface area (Å²) in [7, 11) is 0. The van der Waals surface area contributed by atoms with Gasteiger partial charge in [-0.25, -0.2) is 4.39 Å². The van der Waals surface area contributed by atoms with Gasteiger partial charge in [-0.3, -0.25) is 0 Å². The van der Waals surface area contributed by atoms with Gasteiger partial charge in [0.2, 0.25) is 0 Å². The zero-order valence-electron chi connectivity index (χ0n) is 12.6. The zero-order chi connectivity index (χ0) is 14.8. The molecule has 0 aromatic heterocycles. The van der Waals surface area contributed by atoms with Gasteiger partial charge >= 0.3 is 0 Å². The van der Waals surface area contributed by atoms with E-state index in [2.05, 4.69) is 17.1 Å². The highest BCUT2D eigenvalue weighted by Gasteiger charge is 2.31. The molecule has 2 atom stereocenters. The SMILES string of the molecule is CC1CNC(C2CCCCC2)CN1c1ccc(F)cc1Cl. The Morgan fingerprint density at radius 2 is 2.00 bits per heavy atom. The van der Waals surface area contributed by atoms with E-state index in [1.807, 2.05) is 6.07 Å². The molecular weight excluding hydrogens is 287 g/mol. The number of rotatable bonds is 2. The van der Waals surface area contributed by atoms with Crippen LogP contribution in [0.15, 0.2) is 18.2 Å². The third-order valence-corrected chi connectivity index (χ3v) is 5.34. The molecule has 1 aliphatic carbocycles. The maximum atomic E-state index is 13.3. The van der Waals surface area contributed by atoms with Gasteiger partial charge in [-0.1, -0.05) is 30.9 Å². The van der Waals surface area contributed by atoms with E-state index in [-0.39, 0.29) is 5.82 Å². The second kappa shape index (κ2) is 6.53. The summed E-state index contributed by atoms with van der Waals surface area (Å²) >= 11 is 6.26. The summed E-state index contributed by atoms with van der Waals surface area (Å²) < 4.78 is 13.3. The van der Waals surface area contributed by atoms with Gasteiger partial charge in [-0.15, -0.1) is 0 Å². The van der Waals surface area contributed by atoms with Gasteiger partial charge in [0, 0.05) is 25.2 Å². The fourth-order valence-electron chi connectivity index (χ4n) is 3.79. The van der Waals surface area contributed by atoms with E-state index in [9.17, 15) is 4.39 Å². The number of nitrogens with one attached hydrogen (secondary N) is 1. The van der Waals surface area contributed by atoms with E-state index in [1.54, 1.807) is 0 Å². The molecule has 1 aromatic rings. The molecule has 1 aliphatic heterocycles. The predicted molar refractivity (Wildman–Crippen MR) is 86.6 cm³/mol. The molecule has 0 spiro atoms. The summed E-state index contributed by atoms with van der Waals surface area (Å²) in [6.07, 6.45) is 6.76. The third kappa shape index (κ3) is 3.35. The van der Waals surface area contributed by atoms with Crippen LogP contribution in [0, 0.1) is 11.7 Å². The topological polar surface area (TPSA) is 15.3 Å². The number of anilines is 1. The Hall–Kier alpha value is -0.800. The maximum Gasteiger partial charge on any atom is 0.124 e. The first kappa shape index (κ1) is 15.1. The van der Waals surface area contributed by atoms with Gasteiger partial charge in [0.25, 0.3) is 0 Å². The second-order valence-electron chi connectivity index (χ2n) is 6.51. The van der Waals surface area contributed by atoms with Gasteiger partial charge in [-0.2, -0.15) is 0 Å². The van der Waals surface area contributed by atoms with Crippen molar-refractivity contribution < 1.29 is 4.39 Å². The van der Waals surface area contributed by atoms with Crippen molar-refractivity contribution in [1.82, 2.24) is 5.32 Å². The van der Waals surface area contributed by atoms with Gasteiger partial charge in [0.1, 0.15) is 5.82 Å². The molecule has 2 nitrogen and oxygen atoms in total. The Balaban J connectivity index is 1.76. The molecule has 3 rings (SSSR count). The molecule has 116 valence electrons. The lowest BCUT2D eigenvalue weighted by Crippen LogP contribution is -2.58. The largest absolute Gasteiger partial charge is 0.365 e. The van der Waals surface area contributed by atoms with Gasteiger partial charge in [-0.05, 0) is 43.9 Å². The molecule has 0 amide bonds. The van der Waals surface area contributed by atoms with Crippen LogP contribution < -0.4 is 10.2 Å². The normalized spacial score (nSPS) is 27.9. The summed E-state index contributed by atoms with van der Waals surface area (Å²) in [5.74, 6) is 0.503. The monoisotopic (exact) mass is 310 g/mol. The van der Waals surface area contributed by atoms with Crippen molar-refractivity contribution in [2.45, 2.75) is 51.1 Å². The average molecular weight is 311 g/mol. The Kier molecular flexibility index (Phi) is 4.70. The van der Waals surface area contributed by atoms with Crippen LogP contribution in [0.4, 0.5) is 10.1 Å². The first-order valence-corrected chi connectivity index (χ1v) is 8.48. The molecule has 1 heterocycles. The van der Waals surface area contributed by atoms with E-state index in [0.29, 0.717) is 17.1 Å². The van der Waals surface area contributed by atoms with Crippen LogP contribution in [0.25, 0.3) is 0 Å². The smallest absolute Gasteiger partial charge is 0.124 e. The van der Waals surface area contributed by atoms with Gasteiger partial charge in [0.05, 0.1) is 10.7 Å². The van der Waals surface area contributed by atoms with Crippen molar-refractivity contribution in [3.8, 4) is 0 Å². The third-order valence-electron chi connectivity index (χ3n) is 5.04. The first-order valence-electron chi connectivity index (χ1n) is 8.10. The average Bonchev–Trinajstić information content (AvgIpc) is 2.49. The van der Waals surface area contributed by atoms with Crippen molar-refractivity contribution >= 4 is 17.3 Å². The van der Waals surface area contributed by atoms with E-state index in [4.69, 9.17) is 11.6 Å². The molecule has 1 saturated heterocycles. The van der Waals surface area contributed by atoms with Crippen molar-refractivity contribution in [1.29, 1.82) is 0 Å². The minimum absolute atomic E-state index is 0.268. The fraction of sp³-hybridized carbons (Fsp3) is 0.647. The molecule has 2 aliphatic rings. The molecule has 1 N–H and O–H groups in total. The van der Waals surface area contributed by atoms with E-state index in [0.717, 1.165) is 24.7 Å². The standard InChI is InChI=1S/C17H24ClFN2/c1-12-10-20-16(13-5-3-2-4-6-13)11-21(12)17-8-7-14(19)9-15(17)18/h7-9,12-13,16,20H,2-6,10-11H2,1H3.